The Labute approximate surface area is 326 Å². The molecule has 2 bridgehead atoms. The number of benzene rings is 2. The summed E-state index contributed by atoms with van der Waals surface area (Å²) in [5.41, 5.74) is 2.92. The molecular weight excluding hydrogens is 720 g/mol. The molecule has 0 aromatic heterocycles. The Morgan fingerprint density at radius 2 is 1.93 bits per heavy atom. The number of nitrogens with zero attached hydrogens (tertiary/aromatic N) is 3. The van der Waals surface area contributed by atoms with E-state index >= 15 is 0 Å². The molecule has 2 aromatic carbocycles. The highest BCUT2D eigenvalue weighted by atomic mass is 35.5. The highest BCUT2D eigenvalue weighted by Crippen LogP contribution is 2.49. The molecule has 1 N–H and O–H groups in total. The van der Waals surface area contributed by atoms with Crippen LogP contribution in [0.1, 0.15) is 86.7 Å². The first-order chi connectivity index (χ1) is 25.9. The minimum atomic E-state index is -3.00. The van der Waals surface area contributed by atoms with Gasteiger partial charge in [0.1, 0.15) is 11.4 Å². The zero-order valence-electron chi connectivity index (χ0n) is 32.2. The minimum absolute atomic E-state index is 0.0287. The summed E-state index contributed by atoms with van der Waals surface area (Å²) in [6.45, 7) is 8.68. The lowest BCUT2D eigenvalue weighted by Gasteiger charge is -2.53. The van der Waals surface area contributed by atoms with Crippen LogP contribution in [-0.2, 0) is 31.1 Å². The SMILES string of the molecule is C=S1(=O)NC(=O)c2ccc3c(c2)N(C[C@@H]2CC[C@H]2[C@](CN2C[C@H]4CCCCN4CC2=O)(OC)/C=C/C[C@H](C)[C@H]1C)C[C@@]1(CCCc2cc(Cl)ccc21)CO3. The van der Waals surface area contributed by atoms with Crippen LogP contribution in [0.5, 0.6) is 5.75 Å². The van der Waals surface area contributed by atoms with Crippen LogP contribution in [-0.4, -0.2) is 102 Å². The average molecular weight is 777 g/mol. The number of amides is 2. The van der Waals surface area contributed by atoms with Gasteiger partial charge >= 0.3 is 0 Å². The predicted octanol–water partition coefficient (Wildman–Crippen LogP) is 6.27. The molecule has 6 aliphatic rings. The van der Waals surface area contributed by atoms with Crippen LogP contribution in [0.25, 0.3) is 0 Å². The number of carbonyl (C=O) groups is 2. The van der Waals surface area contributed by atoms with E-state index in [1.165, 1.54) is 17.5 Å². The standard InChI is InChI=1S/C43H57ClN4O5S/c1-29-9-7-19-43(52-3,27-48-24-35-11-5-6-20-46(35)25-40(48)49)37-15-12-33(37)23-47-26-42(18-8-10-31-21-34(44)14-16-36(31)42)28-53-39-17-13-32(22-38(39)47)41(50)45-54(4,51)30(29)2/h7,13-14,16-17,19,21-22,29-30,33,35,37H,4-6,8-12,15,18,20,23-28H2,1-3H3,(H,45,50,51)/b19-7+/t29-,30+,33-,35+,37+,42-,43-,54?/m0/s1. The first kappa shape index (κ1) is 37.9. The fraction of sp³-hybridized carbons (Fsp3) is 0.605. The van der Waals surface area contributed by atoms with Gasteiger partial charge in [-0.1, -0.05) is 43.2 Å². The normalized spacial score (nSPS) is 36.5. The van der Waals surface area contributed by atoms with Gasteiger partial charge in [0.05, 0.1) is 35.1 Å². The molecule has 11 heteroatoms. The molecule has 292 valence electrons. The molecule has 2 aromatic rings. The molecule has 1 saturated carbocycles. The Hall–Kier alpha value is -3.05. The molecule has 3 fully saturated rings. The van der Waals surface area contributed by atoms with Crippen LogP contribution < -0.4 is 14.4 Å². The topological polar surface area (TPSA) is 91.4 Å². The van der Waals surface area contributed by atoms with E-state index in [-0.39, 0.29) is 34.3 Å². The van der Waals surface area contributed by atoms with Gasteiger partial charge < -0.3 is 19.3 Å². The van der Waals surface area contributed by atoms with E-state index in [9.17, 15) is 13.8 Å². The van der Waals surface area contributed by atoms with Crippen molar-refractivity contribution in [3.8, 4) is 5.75 Å². The number of ether oxygens (including phenoxy) is 2. The molecule has 54 heavy (non-hydrogen) atoms. The third-order valence-corrected chi connectivity index (χ3v) is 16.5. The Kier molecular flexibility index (Phi) is 10.4. The number of nitrogens with one attached hydrogen (secondary N) is 1. The summed E-state index contributed by atoms with van der Waals surface area (Å²) in [5.74, 6) is 5.01. The molecule has 1 spiro atoms. The number of carbonyl (C=O) groups excluding carboxylic acids is 2. The summed E-state index contributed by atoms with van der Waals surface area (Å²) in [7, 11) is -1.19. The van der Waals surface area contributed by atoms with E-state index in [1.807, 2.05) is 32.2 Å². The first-order valence-corrected chi connectivity index (χ1v) is 22.3. The van der Waals surface area contributed by atoms with Gasteiger partial charge in [0, 0.05) is 54.0 Å². The zero-order valence-corrected chi connectivity index (χ0v) is 33.8. The van der Waals surface area contributed by atoms with Gasteiger partial charge in [-0.2, -0.15) is 0 Å². The number of hydrogen-bond donors (Lipinski definition) is 1. The first-order valence-electron chi connectivity index (χ1n) is 20.1. The fourth-order valence-corrected chi connectivity index (χ4v) is 12.1. The van der Waals surface area contributed by atoms with Crippen LogP contribution in [0.4, 0.5) is 5.69 Å². The van der Waals surface area contributed by atoms with Crippen molar-refractivity contribution >= 4 is 44.7 Å². The Bertz CT molecular complexity index is 1920. The molecule has 4 aliphatic heterocycles. The molecule has 2 saturated heterocycles. The maximum absolute atomic E-state index is 14.1. The van der Waals surface area contributed by atoms with Crippen molar-refractivity contribution in [3.05, 3.63) is 70.3 Å². The predicted molar refractivity (Wildman–Crippen MR) is 217 cm³/mol. The number of aryl methyl sites for hydroxylation is 1. The smallest absolute Gasteiger partial charge is 0.262 e. The van der Waals surface area contributed by atoms with E-state index in [2.05, 4.69) is 56.5 Å². The summed E-state index contributed by atoms with van der Waals surface area (Å²) in [6, 6.07) is 12.3. The number of piperidine rings is 1. The summed E-state index contributed by atoms with van der Waals surface area (Å²) in [4.78, 5) is 34.5. The van der Waals surface area contributed by atoms with Crippen LogP contribution in [0.2, 0.25) is 5.02 Å². The van der Waals surface area contributed by atoms with Gasteiger partial charge in [-0.05, 0) is 130 Å². The van der Waals surface area contributed by atoms with Gasteiger partial charge in [-0.25, -0.2) is 4.21 Å². The highest BCUT2D eigenvalue weighted by molar-refractivity contribution is 7.99. The van der Waals surface area contributed by atoms with Gasteiger partial charge in [0.2, 0.25) is 5.91 Å². The molecule has 8 atom stereocenters. The zero-order chi connectivity index (χ0) is 37.8. The van der Waals surface area contributed by atoms with Crippen molar-refractivity contribution in [1.29, 1.82) is 0 Å². The minimum Gasteiger partial charge on any atom is -0.490 e. The largest absolute Gasteiger partial charge is 0.490 e. The van der Waals surface area contributed by atoms with E-state index in [0.717, 1.165) is 87.6 Å². The number of halogens is 1. The van der Waals surface area contributed by atoms with Gasteiger partial charge in [-0.15, -0.1) is 0 Å². The van der Waals surface area contributed by atoms with Crippen molar-refractivity contribution in [1.82, 2.24) is 14.5 Å². The second kappa shape index (κ2) is 14.8. The second-order valence-electron chi connectivity index (χ2n) is 17.3. The van der Waals surface area contributed by atoms with E-state index in [4.69, 9.17) is 21.1 Å². The number of allylic oxidation sites excluding steroid dienone is 1. The van der Waals surface area contributed by atoms with Gasteiger partial charge in [-0.3, -0.25) is 19.2 Å². The third kappa shape index (κ3) is 6.98. The van der Waals surface area contributed by atoms with Gasteiger partial charge in [0.25, 0.3) is 5.91 Å². The summed E-state index contributed by atoms with van der Waals surface area (Å²) >= 11 is 6.52. The lowest BCUT2D eigenvalue weighted by molar-refractivity contribution is -0.149. The van der Waals surface area contributed by atoms with Crippen molar-refractivity contribution in [2.24, 2.45) is 17.8 Å². The number of anilines is 1. The monoisotopic (exact) mass is 776 g/mol. The molecule has 0 radical (unpaired) electrons. The Morgan fingerprint density at radius 3 is 2.72 bits per heavy atom. The summed E-state index contributed by atoms with van der Waals surface area (Å²) in [6.07, 6.45) is 13.6. The summed E-state index contributed by atoms with van der Waals surface area (Å²) < 4.78 is 30.3. The van der Waals surface area contributed by atoms with Crippen molar-refractivity contribution in [3.63, 3.8) is 0 Å². The van der Waals surface area contributed by atoms with Crippen LogP contribution in [0.15, 0.2) is 48.6 Å². The van der Waals surface area contributed by atoms with E-state index in [0.29, 0.717) is 37.7 Å². The van der Waals surface area contributed by atoms with E-state index in [1.54, 1.807) is 6.07 Å². The van der Waals surface area contributed by atoms with Gasteiger partial charge in [0.15, 0.2) is 0 Å². The number of fused-ring (bicyclic) bond motifs is 5. The summed E-state index contributed by atoms with van der Waals surface area (Å²) in [5, 5.41) is 0.369. The van der Waals surface area contributed by atoms with Crippen molar-refractivity contribution in [2.75, 3.05) is 57.9 Å². The van der Waals surface area contributed by atoms with Crippen LogP contribution in [0, 0.1) is 17.8 Å². The van der Waals surface area contributed by atoms with Crippen LogP contribution in [0.3, 0.4) is 0 Å². The molecule has 4 heterocycles. The quantitative estimate of drug-likeness (QED) is 0.291. The lowest BCUT2D eigenvalue weighted by atomic mass is 9.63. The fourth-order valence-electron chi connectivity index (χ4n) is 10.5. The number of hydrogen-bond acceptors (Lipinski definition) is 7. The molecule has 9 nitrogen and oxygen atoms in total. The lowest BCUT2D eigenvalue weighted by Crippen LogP contribution is -2.63. The number of methoxy groups -OCH3 is 1. The van der Waals surface area contributed by atoms with Crippen LogP contribution >= 0.6 is 11.6 Å². The Morgan fingerprint density at radius 1 is 1.07 bits per heavy atom. The van der Waals surface area contributed by atoms with Crippen molar-refractivity contribution in [2.45, 2.75) is 93.9 Å². The number of rotatable bonds is 3. The number of piperazine rings is 1. The second-order valence-corrected chi connectivity index (χ2v) is 20.1. The molecule has 8 rings (SSSR count). The average Bonchev–Trinajstić information content (AvgIpc) is 3.29. The molecule has 2 aliphatic carbocycles. The molecular formula is C43H57ClN4O5S. The third-order valence-electron chi connectivity index (χ3n) is 14.1. The molecule has 2 amide bonds. The molecule has 1 unspecified atom stereocenters. The Balaban J connectivity index is 1.20. The van der Waals surface area contributed by atoms with E-state index < -0.39 is 21.2 Å². The maximum Gasteiger partial charge on any atom is 0.262 e. The van der Waals surface area contributed by atoms with Crippen molar-refractivity contribution < 1.29 is 23.3 Å². The highest BCUT2D eigenvalue weighted by Gasteiger charge is 2.51. The maximum atomic E-state index is 14.1.